The van der Waals surface area contributed by atoms with Gasteiger partial charge in [-0.1, -0.05) is 17.7 Å². The summed E-state index contributed by atoms with van der Waals surface area (Å²) in [5, 5.41) is 4.04. The lowest BCUT2D eigenvalue weighted by molar-refractivity contribution is 0.174. The van der Waals surface area contributed by atoms with Gasteiger partial charge in [0.25, 0.3) is 0 Å². The van der Waals surface area contributed by atoms with Crippen molar-refractivity contribution < 1.29 is 4.74 Å². The minimum Gasteiger partial charge on any atom is -0.497 e. The quantitative estimate of drug-likeness (QED) is 0.867. The van der Waals surface area contributed by atoms with Gasteiger partial charge in [-0.15, -0.1) is 0 Å². The van der Waals surface area contributed by atoms with E-state index in [4.69, 9.17) is 22.1 Å². The molecule has 0 saturated carbocycles. The van der Waals surface area contributed by atoms with Crippen LogP contribution in [0, 0.1) is 0 Å². The van der Waals surface area contributed by atoms with Crippen LogP contribution < -0.4 is 15.8 Å². The molecule has 1 aliphatic heterocycles. The minimum absolute atomic E-state index is 0.0961. The number of hydrogen-bond donors (Lipinski definition) is 2. The van der Waals surface area contributed by atoms with Gasteiger partial charge < -0.3 is 15.8 Å². The number of nitrogens with two attached hydrogens (primary N) is 1. The summed E-state index contributed by atoms with van der Waals surface area (Å²) in [6, 6.07) is 5.84. The first-order valence-electron chi connectivity index (χ1n) is 6.13. The van der Waals surface area contributed by atoms with Gasteiger partial charge in [-0.25, -0.2) is 0 Å². The number of rotatable bonds is 3. The number of benzene rings is 1. The third-order valence-electron chi connectivity index (χ3n) is 3.54. The summed E-state index contributed by atoms with van der Waals surface area (Å²) in [6.45, 7) is 2.90. The van der Waals surface area contributed by atoms with Gasteiger partial charge in [-0.05, 0) is 24.7 Å². The second-order valence-corrected chi connectivity index (χ2v) is 5.07. The first kappa shape index (κ1) is 13.6. The molecule has 0 amide bonds. The Labute approximate surface area is 113 Å². The normalized spacial score (nSPS) is 22.8. The van der Waals surface area contributed by atoms with Crippen molar-refractivity contribution in [2.24, 2.45) is 5.73 Å². The number of likely N-dealkylation sites (N-methyl/N-ethyl adjacent to an activating group) is 1. The highest BCUT2D eigenvalue weighted by Crippen LogP contribution is 2.29. The maximum absolute atomic E-state index is 6.35. The van der Waals surface area contributed by atoms with Crippen LogP contribution in [0.15, 0.2) is 18.2 Å². The lowest BCUT2D eigenvalue weighted by atomic mass is 9.97. The average Bonchev–Trinajstić information content (AvgIpc) is 2.38. The van der Waals surface area contributed by atoms with Crippen LogP contribution in [0.5, 0.6) is 5.75 Å². The van der Waals surface area contributed by atoms with Crippen molar-refractivity contribution in [3.63, 3.8) is 0 Å². The van der Waals surface area contributed by atoms with Gasteiger partial charge in [0.2, 0.25) is 0 Å². The molecular formula is C13H20ClN3O. The van der Waals surface area contributed by atoms with Crippen LogP contribution in [0.3, 0.4) is 0 Å². The zero-order valence-electron chi connectivity index (χ0n) is 10.8. The van der Waals surface area contributed by atoms with Gasteiger partial charge in [-0.2, -0.15) is 0 Å². The van der Waals surface area contributed by atoms with E-state index in [2.05, 4.69) is 17.3 Å². The average molecular weight is 270 g/mol. The molecule has 0 radical (unpaired) electrons. The first-order chi connectivity index (χ1) is 8.63. The second kappa shape index (κ2) is 5.89. The molecule has 2 unspecified atom stereocenters. The molecule has 18 heavy (non-hydrogen) atoms. The van der Waals surface area contributed by atoms with E-state index in [-0.39, 0.29) is 12.1 Å². The van der Waals surface area contributed by atoms with Gasteiger partial charge in [0.05, 0.1) is 7.11 Å². The largest absolute Gasteiger partial charge is 0.497 e. The van der Waals surface area contributed by atoms with E-state index in [1.165, 1.54) is 0 Å². The van der Waals surface area contributed by atoms with Crippen molar-refractivity contribution in [3.8, 4) is 5.75 Å². The number of halogens is 1. The lowest BCUT2D eigenvalue weighted by Gasteiger charge is -2.37. The predicted molar refractivity (Wildman–Crippen MR) is 74.2 cm³/mol. The molecule has 0 aromatic heterocycles. The molecule has 1 aromatic rings. The van der Waals surface area contributed by atoms with Crippen LogP contribution in [-0.4, -0.2) is 44.7 Å². The van der Waals surface area contributed by atoms with Crippen molar-refractivity contribution in [2.75, 3.05) is 33.8 Å². The van der Waals surface area contributed by atoms with Gasteiger partial charge in [0.15, 0.2) is 0 Å². The molecule has 2 rings (SSSR count). The van der Waals surface area contributed by atoms with Crippen LogP contribution in [0.25, 0.3) is 0 Å². The molecule has 5 heteroatoms. The maximum Gasteiger partial charge on any atom is 0.120 e. The van der Waals surface area contributed by atoms with Crippen LogP contribution in [0.4, 0.5) is 0 Å². The fourth-order valence-electron chi connectivity index (χ4n) is 2.34. The van der Waals surface area contributed by atoms with Gasteiger partial charge >= 0.3 is 0 Å². The Hall–Kier alpha value is -0.810. The van der Waals surface area contributed by atoms with E-state index in [1.54, 1.807) is 7.11 Å². The Morgan fingerprint density at radius 2 is 2.33 bits per heavy atom. The Bertz CT molecular complexity index is 413. The Morgan fingerprint density at radius 3 is 2.94 bits per heavy atom. The number of piperazine rings is 1. The molecule has 0 spiro atoms. The van der Waals surface area contributed by atoms with Crippen LogP contribution in [-0.2, 0) is 0 Å². The lowest BCUT2D eigenvalue weighted by Crippen LogP contribution is -2.53. The highest BCUT2D eigenvalue weighted by molar-refractivity contribution is 6.31. The highest BCUT2D eigenvalue weighted by atomic mass is 35.5. The molecule has 1 aromatic carbocycles. The summed E-state index contributed by atoms with van der Waals surface area (Å²) in [5.41, 5.74) is 7.32. The number of nitrogens with one attached hydrogen (secondary N) is 1. The Kier molecular flexibility index (Phi) is 4.45. The molecule has 0 bridgehead atoms. The summed E-state index contributed by atoms with van der Waals surface area (Å²) in [5.74, 6) is 0.756. The third kappa shape index (κ3) is 2.78. The fraction of sp³-hybridized carbons (Fsp3) is 0.538. The molecule has 100 valence electrons. The molecule has 3 N–H and O–H groups in total. The van der Waals surface area contributed by atoms with Crippen molar-refractivity contribution >= 4 is 11.6 Å². The highest BCUT2D eigenvalue weighted by Gasteiger charge is 2.27. The van der Waals surface area contributed by atoms with Crippen molar-refractivity contribution in [1.82, 2.24) is 10.2 Å². The second-order valence-electron chi connectivity index (χ2n) is 4.67. The Morgan fingerprint density at radius 1 is 1.56 bits per heavy atom. The van der Waals surface area contributed by atoms with Gasteiger partial charge in [0.1, 0.15) is 5.75 Å². The molecule has 1 heterocycles. The fourth-order valence-corrected chi connectivity index (χ4v) is 2.64. The SMILES string of the molecule is COc1ccc(C(N)C2CNCCN2C)c(Cl)c1. The number of methoxy groups -OCH3 is 1. The molecule has 1 saturated heterocycles. The first-order valence-corrected chi connectivity index (χ1v) is 6.51. The summed E-state index contributed by atoms with van der Waals surface area (Å²) < 4.78 is 5.15. The zero-order chi connectivity index (χ0) is 13.1. The smallest absolute Gasteiger partial charge is 0.120 e. The maximum atomic E-state index is 6.35. The summed E-state index contributed by atoms with van der Waals surface area (Å²) in [4.78, 5) is 2.28. The van der Waals surface area contributed by atoms with Crippen molar-refractivity contribution in [3.05, 3.63) is 28.8 Å². The molecule has 0 aliphatic carbocycles. The number of hydrogen-bond acceptors (Lipinski definition) is 4. The van der Waals surface area contributed by atoms with Crippen molar-refractivity contribution in [1.29, 1.82) is 0 Å². The zero-order valence-corrected chi connectivity index (χ0v) is 11.6. The van der Waals surface area contributed by atoms with Crippen LogP contribution in [0.1, 0.15) is 11.6 Å². The third-order valence-corrected chi connectivity index (χ3v) is 3.87. The number of ether oxygens (including phenoxy) is 1. The monoisotopic (exact) mass is 269 g/mol. The summed E-state index contributed by atoms with van der Waals surface area (Å²) >= 11 is 6.27. The van der Waals surface area contributed by atoms with E-state index in [1.807, 2.05) is 18.2 Å². The van der Waals surface area contributed by atoms with E-state index in [9.17, 15) is 0 Å². The van der Waals surface area contributed by atoms with Crippen LogP contribution in [0.2, 0.25) is 5.02 Å². The molecule has 1 fully saturated rings. The van der Waals surface area contributed by atoms with Gasteiger partial charge in [-0.3, -0.25) is 4.90 Å². The van der Waals surface area contributed by atoms with E-state index >= 15 is 0 Å². The molecule has 4 nitrogen and oxygen atoms in total. The molecule has 2 atom stereocenters. The van der Waals surface area contributed by atoms with E-state index in [0.29, 0.717) is 5.02 Å². The van der Waals surface area contributed by atoms with E-state index < -0.39 is 0 Å². The van der Waals surface area contributed by atoms with Crippen molar-refractivity contribution in [2.45, 2.75) is 12.1 Å². The van der Waals surface area contributed by atoms with E-state index in [0.717, 1.165) is 30.9 Å². The number of nitrogens with zero attached hydrogens (tertiary/aromatic N) is 1. The standard InChI is InChI=1S/C13H20ClN3O/c1-17-6-5-16-8-12(17)13(15)10-4-3-9(18-2)7-11(10)14/h3-4,7,12-13,16H,5-6,8,15H2,1-2H3. The predicted octanol–water partition coefficient (Wildman–Crippen LogP) is 1.25. The molecule has 1 aliphatic rings. The minimum atomic E-state index is -0.0961. The summed E-state index contributed by atoms with van der Waals surface area (Å²) in [7, 11) is 3.73. The van der Waals surface area contributed by atoms with Crippen LogP contribution >= 0.6 is 11.6 Å². The Balaban J connectivity index is 2.19. The molecular weight excluding hydrogens is 250 g/mol. The topological polar surface area (TPSA) is 50.5 Å². The van der Waals surface area contributed by atoms with Gasteiger partial charge in [0, 0.05) is 36.7 Å². The summed E-state index contributed by atoms with van der Waals surface area (Å²) in [6.07, 6.45) is 0.